The van der Waals surface area contributed by atoms with Crippen LogP contribution in [0.3, 0.4) is 0 Å². The van der Waals surface area contributed by atoms with Crippen LogP contribution < -0.4 is 4.90 Å². The summed E-state index contributed by atoms with van der Waals surface area (Å²) in [6.45, 7) is 10.0. The maximum absolute atomic E-state index is 11.5. The molecule has 270 valence electrons. The van der Waals surface area contributed by atoms with Gasteiger partial charge < -0.3 is 4.90 Å². The van der Waals surface area contributed by atoms with Crippen LogP contribution in [0.5, 0.6) is 0 Å². The Balaban J connectivity index is 1.38. The fourth-order valence-corrected chi connectivity index (χ4v) is 9.97. The molecule has 0 amide bonds. The summed E-state index contributed by atoms with van der Waals surface area (Å²) in [5.41, 5.74) is 8.37. The zero-order chi connectivity index (χ0) is 36.6. The van der Waals surface area contributed by atoms with Crippen LogP contribution >= 0.6 is 22.7 Å². The zero-order valence-electron chi connectivity index (χ0n) is 29.4. The van der Waals surface area contributed by atoms with Gasteiger partial charge in [-0.25, -0.2) is 0 Å². The van der Waals surface area contributed by atoms with Crippen LogP contribution in [0, 0.1) is 0 Å². The van der Waals surface area contributed by atoms with E-state index in [2.05, 4.69) is 115 Å². The van der Waals surface area contributed by atoms with Crippen molar-refractivity contribution in [1.29, 1.82) is 0 Å². The van der Waals surface area contributed by atoms with Crippen molar-refractivity contribution in [3.8, 4) is 20.9 Å². The van der Waals surface area contributed by atoms with Crippen LogP contribution in [0.25, 0.3) is 20.9 Å². The van der Waals surface area contributed by atoms with Crippen LogP contribution in [0.2, 0.25) is 0 Å². The number of fused-ring (bicyclic) bond motifs is 2. The SMILES string of the molecule is CC1(C)C(=CC=CC2=[N+](CCCCS(=O)(=O)O)c3cc(-c4cccs4)ccc3C2(C)C)N(CCCCS(=O)(=O)O)c2cc(-c3cccs3)ccc21. The number of hydrogen-bond acceptors (Lipinski definition) is 7. The Morgan fingerprint density at radius 3 is 1.92 bits per heavy atom. The Bertz CT molecular complexity index is 2210. The Morgan fingerprint density at radius 2 is 1.33 bits per heavy atom. The van der Waals surface area contributed by atoms with Gasteiger partial charge >= 0.3 is 0 Å². The van der Waals surface area contributed by atoms with Crippen LogP contribution in [0.15, 0.2) is 95.3 Å². The van der Waals surface area contributed by atoms with Gasteiger partial charge in [0.1, 0.15) is 6.54 Å². The average molecular weight is 766 g/mol. The van der Waals surface area contributed by atoms with E-state index in [1.54, 1.807) is 22.7 Å². The fraction of sp³-hybridized carbons (Fsp3) is 0.359. The number of benzene rings is 2. The number of allylic oxidation sites excluding steroid dienone is 4. The van der Waals surface area contributed by atoms with Gasteiger partial charge in [-0.1, -0.05) is 56.3 Å². The molecule has 12 heteroatoms. The Morgan fingerprint density at radius 1 is 0.745 bits per heavy atom. The molecule has 2 N–H and O–H groups in total. The van der Waals surface area contributed by atoms with Crippen LogP contribution in [-0.2, 0) is 31.1 Å². The third kappa shape index (κ3) is 8.16. The molecule has 0 radical (unpaired) electrons. The Labute approximate surface area is 310 Å². The van der Waals surface area contributed by atoms with Gasteiger partial charge in [0.25, 0.3) is 20.2 Å². The summed E-state index contributed by atoms with van der Waals surface area (Å²) in [6.07, 6.45) is 8.29. The molecule has 0 saturated carbocycles. The zero-order valence-corrected chi connectivity index (χ0v) is 32.6. The Hall–Kier alpha value is -3.39. The van der Waals surface area contributed by atoms with Gasteiger partial charge in [0.2, 0.25) is 5.69 Å². The predicted molar refractivity (Wildman–Crippen MR) is 211 cm³/mol. The van der Waals surface area contributed by atoms with Crippen LogP contribution in [-0.4, -0.2) is 60.8 Å². The lowest BCUT2D eigenvalue weighted by atomic mass is 9.81. The van der Waals surface area contributed by atoms with Crippen molar-refractivity contribution in [3.05, 3.63) is 106 Å². The fourth-order valence-electron chi connectivity index (χ4n) is 7.39. The molecule has 0 atom stereocenters. The third-order valence-corrected chi connectivity index (χ3v) is 13.4. The summed E-state index contributed by atoms with van der Waals surface area (Å²) in [4.78, 5) is 4.65. The highest BCUT2D eigenvalue weighted by Gasteiger charge is 2.45. The molecule has 0 aliphatic carbocycles. The van der Waals surface area contributed by atoms with E-state index in [9.17, 15) is 25.9 Å². The third-order valence-electron chi connectivity index (χ3n) is 9.97. The smallest absolute Gasteiger partial charge is 0.264 e. The highest BCUT2D eigenvalue weighted by molar-refractivity contribution is 7.86. The van der Waals surface area contributed by atoms with Crippen molar-refractivity contribution >= 4 is 60.0 Å². The minimum Gasteiger partial charge on any atom is -0.344 e. The summed E-state index contributed by atoms with van der Waals surface area (Å²) >= 11 is 3.38. The lowest BCUT2D eigenvalue weighted by Gasteiger charge is -2.27. The first-order valence-corrected chi connectivity index (χ1v) is 22.1. The number of unbranched alkanes of at least 4 members (excludes halogenated alkanes) is 2. The van der Waals surface area contributed by atoms with E-state index < -0.39 is 20.2 Å². The van der Waals surface area contributed by atoms with Gasteiger partial charge in [0.05, 0.1) is 16.9 Å². The summed E-state index contributed by atoms with van der Waals surface area (Å²) < 4.78 is 66.9. The van der Waals surface area contributed by atoms with Gasteiger partial charge in [-0.3, -0.25) is 9.11 Å². The van der Waals surface area contributed by atoms with Crippen molar-refractivity contribution in [1.82, 2.24) is 0 Å². The Kier molecular flexibility index (Phi) is 10.7. The molecule has 0 unspecified atom stereocenters. The lowest BCUT2D eigenvalue weighted by molar-refractivity contribution is -0.438. The first-order valence-electron chi connectivity index (χ1n) is 17.1. The van der Waals surface area contributed by atoms with E-state index in [0.29, 0.717) is 38.8 Å². The molecular formula is C39H45N2O6S4+. The molecule has 0 bridgehead atoms. The monoisotopic (exact) mass is 765 g/mol. The number of hydrogen-bond donors (Lipinski definition) is 2. The first-order chi connectivity index (χ1) is 24.1. The average Bonchev–Trinajstić information content (AvgIpc) is 3.85. The topological polar surface area (TPSA) is 115 Å². The highest BCUT2D eigenvalue weighted by Crippen LogP contribution is 2.49. The van der Waals surface area contributed by atoms with E-state index in [1.165, 1.54) is 20.9 Å². The molecule has 0 spiro atoms. The van der Waals surface area contributed by atoms with Gasteiger partial charge in [-0.2, -0.15) is 21.4 Å². The molecule has 4 aromatic rings. The molecule has 2 aliphatic rings. The first kappa shape index (κ1) is 37.4. The molecule has 2 aliphatic heterocycles. The molecule has 51 heavy (non-hydrogen) atoms. The molecule has 0 fully saturated rings. The molecule has 4 heterocycles. The molecular weight excluding hydrogens is 721 g/mol. The maximum atomic E-state index is 11.5. The standard InChI is InChI=1S/C39H44N2O6S4/c1-38(2)30-18-16-28(34-12-10-22-48-34)26-32(30)40(20-5-7-24-50(42,43)44)36(38)14-9-15-37-39(3,4)31-19-17-29(35-13-11-23-49-35)27-33(31)41(37)21-6-8-25-51(45,46)47/h9-19,22-23,26-27H,5-8,20-21,24-25H2,1-4H3,(H-,42,43,44,45,46,47)/p+1. The molecule has 0 saturated heterocycles. The lowest BCUT2D eigenvalue weighted by Crippen LogP contribution is -2.28. The van der Waals surface area contributed by atoms with Crippen molar-refractivity contribution in [3.63, 3.8) is 0 Å². The molecule has 2 aromatic heterocycles. The van der Waals surface area contributed by atoms with Gasteiger partial charge in [0.15, 0.2) is 5.71 Å². The summed E-state index contributed by atoms with van der Waals surface area (Å²) in [7, 11) is -8.08. The van der Waals surface area contributed by atoms with Crippen LogP contribution in [0.1, 0.15) is 64.5 Å². The number of anilines is 1. The van der Waals surface area contributed by atoms with E-state index in [4.69, 9.17) is 0 Å². The van der Waals surface area contributed by atoms with Crippen molar-refractivity contribution in [2.75, 3.05) is 29.5 Å². The summed E-state index contributed by atoms with van der Waals surface area (Å²) in [5, 5.41) is 4.13. The maximum Gasteiger partial charge on any atom is 0.264 e. The number of rotatable bonds is 14. The van der Waals surface area contributed by atoms with Crippen molar-refractivity contribution < 1.29 is 30.5 Å². The van der Waals surface area contributed by atoms with Crippen molar-refractivity contribution in [2.24, 2.45) is 0 Å². The molecule has 2 aromatic carbocycles. The minimum atomic E-state index is -4.04. The second-order valence-electron chi connectivity index (χ2n) is 14.3. The van der Waals surface area contributed by atoms with Gasteiger partial charge in [-0.15, -0.1) is 22.7 Å². The van der Waals surface area contributed by atoms with E-state index in [1.807, 2.05) is 12.1 Å². The largest absolute Gasteiger partial charge is 0.344 e. The second-order valence-corrected chi connectivity index (χ2v) is 19.3. The summed E-state index contributed by atoms with van der Waals surface area (Å²) in [5.74, 6) is -0.541. The number of nitrogens with zero attached hydrogens (tertiary/aromatic N) is 2. The van der Waals surface area contributed by atoms with Gasteiger partial charge in [0, 0.05) is 57.2 Å². The van der Waals surface area contributed by atoms with E-state index in [0.717, 1.165) is 33.9 Å². The quantitative estimate of drug-likeness (QED) is 0.0748. The number of thiophene rings is 2. The summed E-state index contributed by atoms with van der Waals surface area (Å²) in [6, 6.07) is 21.5. The van der Waals surface area contributed by atoms with E-state index >= 15 is 0 Å². The highest BCUT2D eigenvalue weighted by atomic mass is 32.2. The molecule has 8 nitrogen and oxygen atoms in total. The molecule has 6 rings (SSSR count). The van der Waals surface area contributed by atoms with E-state index in [-0.39, 0.29) is 22.3 Å². The minimum absolute atomic E-state index is 0.270. The van der Waals surface area contributed by atoms with Gasteiger partial charge in [-0.05, 0) is 84.8 Å². The normalized spacial score (nSPS) is 17.5. The van der Waals surface area contributed by atoms with Crippen LogP contribution in [0.4, 0.5) is 11.4 Å². The van der Waals surface area contributed by atoms with Crippen molar-refractivity contribution in [2.45, 2.75) is 64.2 Å². The predicted octanol–water partition coefficient (Wildman–Crippen LogP) is 9.09. The second kappa shape index (κ2) is 14.6.